The second-order valence-corrected chi connectivity index (χ2v) is 9.01. The zero-order valence-electron chi connectivity index (χ0n) is 18.4. The van der Waals surface area contributed by atoms with E-state index in [9.17, 15) is 9.18 Å². The fraction of sp³-hybridized carbons (Fsp3) is 0.500. The summed E-state index contributed by atoms with van der Waals surface area (Å²) >= 11 is 0. The number of nitrogens with zero attached hydrogens (tertiary/aromatic N) is 2. The third-order valence-electron chi connectivity index (χ3n) is 6.65. The van der Waals surface area contributed by atoms with Crippen LogP contribution in [0.4, 0.5) is 4.39 Å². The average molecular weight is 424 g/mol. The Morgan fingerprint density at radius 1 is 0.839 bits per heavy atom. The van der Waals surface area contributed by atoms with Crippen molar-refractivity contribution in [3.63, 3.8) is 0 Å². The molecule has 0 bridgehead atoms. The van der Waals surface area contributed by atoms with Crippen LogP contribution in [0.3, 0.4) is 0 Å². The van der Waals surface area contributed by atoms with Crippen molar-refractivity contribution in [2.75, 3.05) is 26.2 Å². The largest absolute Gasteiger partial charge is 0.352 e. The molecule has 0 atom stereocenters. The van der Waals surface area contributed by atoms with Gasteiger partial charge >= 0.3 is 0 Å². The van der Waals surface area contributed by atoms with Crippen molar-refractivity contribution in [3.05, 3.63) is 71.0 Å². The van der Waals surface area contributed by atoms with Gasteiger partial charge < -0.3 is 5.32 Å². The minimum absolute atomic E-state index is 0.0512. The van der Waals surface area contributed by atoms with Crippen molar-refractivity contribution in [1.82, 2.24) is 15.1 Å². The van der Waals surface area contributed by atoms with Gasteiger partial charge in [0.2, 0.25) is 5.91 Å². The van der Waals surface area contributed by atoms with Crippen LogP contribution in [0.2, 0.25) is 0 Å². The Kier molecular flexibility index (Phi) is 7.71. The molecule has 2 aromatic carbocycles. The van der Waals surface area contributed by atoms with Gasteiger partial charge in [-0.2, -0.15) is 0 Å². The molecule has 0 saturated carbocycles. The molecule has 1 amide bonds. The number of rotatable bonds is 7. The molecule has 2 aliphatic rings. The topological polar surface area (TPSA) is 35.6 Å². The van der Waals surface area contributed by atoms with Gasteiger partial charge in [0.15, 0.2) is 0 Å². The van der Waals surface area contributed by atoms with Gasteiger partial charge in [-0.1, -0.05) is 48.9 Å². The number of hydrogen-bond donors (Lipinski definition) is 1. The highest BCUT2D eigenvalue weighted by Crippen LogP contribution is 2.20. The Bertz CT molecular complexity index is 840. The van der Waals surface area contributed by atoms with Gasteiger partial charge in [-0.05, 0) is 69.1 Å². The van der Waals surface area contributed by atoms with Crippen molar-refractivity contribution in [2.45, 2.75) is 51.7 Å². The smallest absolute Gasteiger partial charge is 0.223 e. The number of piperidine rings is 2. The van der Waals surface area contributed by atoms with E-state index in [1.54, 1.807) is 6.07 Å². The van der Waals surface area contributed by atoms with Gasteiger partial charge in [0.05, 0.1) is 0 Å². The number of benzene rings is 2. The molecule has 2 aromatic rings. The van der Waals surface area contributed by atoms with E-state index in [0.29, 0.717) is 13.1 Å². The van der Waals surface area contributed by atoms with Crippen LogP contribution in [0.25, 0.3) is 0 Å². The third kappa shape index (κ3) is 6.37. The molecule has 4 nitrogen and oxygen atoms in total. The molecule has 0 aromatic heterocycles. The van der Waals surface area contributed by atoms with Crippen LogP contribution in [0.1, 0.15) is 48.8 Å². The molecule has 5 heteroatoms. The predicted octanol–water partition coefficient (Wildman–Crippen LogP) is 4.34. The van der Waals surface area contributed by atoms with Crippen LogP contribution in [-0.4, -0.2) is 41.9 Å². The van der Waals surface area contributed by atoms with E-state index < -0.39 is 0 Å². The summed E-state index contributed by atoms with van der Waals surface area (Å²) < 4.78 is 13.9. The summed E-state index contributed by atoms with van der Waals surface area (Å²) in [5.41, 5.74) is 3.22. The van der Waals surface area contributed by atoms with E-state index in [2.05, 4.69) is 39.4 Å². The van der Waals surface area contributed by atoms with Gasteiger partial charge in [-0.3, -0.25) is 14.6 Å². The molecule has 1 N–H and O–H groups in total. The SMILES string of the molecule is O=C(NCc1ccc(CN2CCCCC2)cc1)C1CCN(Cc2ccccc2F)CC1. The molecule has 2 heterocycles. The molecule has 166 valence electrons. The van der Waals surface area contributed by atoms with Crippen LogP contribution in [0.5, 0.6) is 0 Å². The summed E-state index contributed by atoms with van der Waals surface area (Å²) in [4.78, 5) is 17.4. The second-order valence-electron chi connectivity index (χ2n) is 9.01. The summed E-state index contributed by atoms with van der Waals surface area (Å²) in [5, 5.41) is 3.12. The molecule has 2 fully saturated rings. The monoisotopic (exact) mass is 423 g/mol. The van der Waals surface area contributed by atoms with E-state index in [1.165, 1.54) is 44.0 Å². The molecule has 0 radical (unpaired) electrons. The number of amides is 1. The van der Waals surface area contributed by atoms with E-state index >= 15 is 0 Å². The zero-order valence-corrected chi connectivity index (χ0v) is 18.4. The Hall–Kier alpha value is -2.24. The third-order valence-corrected chi connectivity index (χ3v) is 6.65. The van der Waals surface area contributed by atoms with Crippen molar-refractivity contribution >= 4 is 5.91 Å². The van der Waals surface area contributed by atoms with Gasteiger partial charge in [0.1, 0.15) is 5.82 Å². The first-order valence-corrected chi connectivity index (χ1v) is 11.7. The normalized spacial score (nSPS) is 18.7. The van der Waals surface area contributed by atoms with Crippen LogP contribution >= 0.6 is 0 Å². The number of nitrogens with one attached hydrogen (secondary N) is 1. The molecular formula is C26H34FN3O. The highest BCUT2D eigenvalue weighted by atomic mass is 19.1. The van der Waals surface area contributed by atoms with Gasteiger partial charge in [0.25, 0.3) is 0 Å². The lowest BCUT2D eigenvalue weighted by atomic mass is 9.95. The van der Waals surface area contributed by atoms with Gasteiger partial charge in [-0.25, -0.2) is 4.39 Å². The van der Waals surface area contributed by atoms with E-state index in [4.69, 9.17) is 0 Å². The Morgan fingerprint density at radius 3 is 2.19 bits per heavy atom. The minimum Gasteiger partial charge on any atom is -0.352 e. The number of hydrogen-bond acceptors (Lipinski definition) is 3. The molecular weight excluding hydrogens is 389 g/mol. The van der Waals surface area contributed by atoms with E-state index in [-0.39, 0.29) is 17.6 Å². The first-order chi connectivity index (χ1) is 15.2. The lowest BCUT2D eigenvalue weighted by molar-refractivity contribution is -0.126. The lowest BCUT2D eigenvalue weighted by Crippen LogP contribution is -2.40. The Balaban J connectivity index is 1.18. The van der Waals surface area contributed by atoms with Crippen LogP contribution < -0.4 is 5.32 Å². The van der Waals surface area contributed by atoms with Crippen LogP contribution in [0, 0.1) is 11.7 Å². The standard InChI is InChI=1S/C26H34FN3O/c27-25-7-3-2-6-24(25)20-30-16-12-23(13-17-30)26(31)28-18-21-8-10-22(11-9-21)19-29-14-4-1-5-15-29/h2-3,6-11,23H,1,4-5,12-20H2,(H,28,31). The minimum atomic E-state index is -0.149. The second kappa shape index (κ2) is 10.9. The maximum Gasteiger partial charge on any atom is 0.223 e. The number of carbonyl (C=O) groups is 1. The molecule has 4 rings (SSSR count). The van der Waals surface area contributed by atoms with Gasteiger partial charge in [0, 0.05) is 31.1 Å². The summed E-state index contributed by atoms with van der Waals surface area (Å²) in [5.74, 6) is 0.0440. The van der Waals surface area contributed by atoms with Crippen LogP contribution in [-0.2, 0) is 24.4 Å². The lowest BCUT2D eigenvalue weighted by Gasteiger charge is -2.31. The average Bonchev–Trinajstić information content (AvgIpc) is 2.81. The quantitative estimate of drug-likeness (QED) is 0.720. The summed E-state index contributed by atoms with van der Waals surface area (Å²) in [6, 6.07) is 15.6. The summed E-state index contributed by atoms with van der Waals surface area (Å²) in [6.07, 6.45) is 5.64. The summed E-state index contributed by atoms with van der Waals surface area (Å²) in [7, 11) is 0. The maximum atomic E-state index is 13.9. The molecule has 0 unspecified atom stereocenters. The predicted molar refractivity (Wildman–Crippen MR) is 122 cm³/mol. The first kappa shape index (κ1) is 22.0. The highest BCUT2D eigenvalue weighted by Gasteiger charge is 2.25. The number of likely N-dealkylation sites (tertiary alicyclic amines) is 2. The van der Waals surface area contributed by atoms with Crippen molar-refractivity contribution in [3.8, 4) is 0 Å². The van der Waals surface area contributed by atoms with Crippen molar-refractivity contribution in [1.29, 1.82) is 0 Å². The fourth-order valence-electron chi connectivity index (χ4n) is 4.69. The Labute approximate surface area is 185 Å². The highest BCUT2D eigenvalue weighted by molar-refractivity contribution is 5.78. The van der Waals surface area contributed by atoms with Gasteiger partial charge in [-0.15, -0.1) is 0 Å². The van der Waals surface area contributed by atoms with Crippen molar-refractivity contribution in [2.24, 2.45) is 5.92 Å². The molecule has 0 spiro atoms. The Morgan fingerprint density at radius 2 is 1.48 bits per heavy atom. The maximum absolute atomic E-state index is 13.9. The van der Waals surface area contributed by atoms with Crippen molar-refractivity contribution < 1.29 is 9.18 Å². The number of halogens is 1. The van der Waals surface area contributed by atoms with E-state index in [1.807, 2.05) is 12.1 Å². The first-order valence-electron chi connectivity index (χ1n) is 11.7. The molecule has 31 heavy (non-hydrogen) atoms. The number of carbonyl (C=O) groups excluding carboxylic acids is 1. The van der Waals surface area contributed by atoms with Crippen LogP contribution in [0.15, 0.2) is 48.5 Å². The molecule has 2 aliphatic heterocycles. The molecule has 2 saturated heterocycles. The van der Waals surface area contributed by atoms with E-state index in [0.717, 1.165) is 43.6 Å². The summed E-state index contributed by atoms with van der Waals surface area (Å²) in [6.45, 7) is 6.30. The zero-order chi connectivity index (χ0) is 21.5. The molecule has 0 aliphatic carbocycles. The fourth-order valence-corrected chi connectivity index (χ4v) is 4.69.